The van der Waals surface area contributed by atoms with Gasteiger partial charge in [-0.05, 0) is 48.9 Å². The van der Waals surface area contributed by atoms with Crippen molar-refractivity contribution in [2.75, 3.05) is 13.6 Å². The van der Waals surface area contributed by atoms with Gasteiger partial charge in [0.1, 0.15) is 5.82 Å². The van der Waals surface area contributed by atoms with Gasteiger partial charge in [0.2, 0.25) is 0 Å². The number of likely N-dealkylation sites (N-methyl/N-ethyl adjacent to an activating group) is 1. The Morgan fingerprint density at radius 3 is 2.62 bits per heavy atom. The Labute approximate surface area is 130 Å². The molecule has 21 heavy (non-hydrogen) atoms. The normalized spacial score (nSPS) is 12.7. The molecule has 0 bridgehead atoms. The van der Waals surface area contributed by atoms with Gasteiger partial charge in [0.25, 0.3) is 0 Å². The number of rotatable bonds is 5. The highest BCUT2D eigenvalue weighted by molar-refractivity contribution is 6.30. The predicted octanol–water partition coefficient (Wildman–Crippen LogP) is 3.92. The standard InChI is InChI=1S/C17H20ClFN2/c1-12-8-14(6-7-16(12)19)17(10-20)21(2)11-13-4-3-5-15(18)9-13/h3-9,17H,10-11,20H2,1-2H3. The first-order valence-corrected chi connectivity index (χ1v) is 7.30. The fourth-order valence-electron chi connectivity index (χ4n) is 2.48. The quantitative estimate of drug-likeness (QED) is 0.907. The molecule has 0 spiro atoms. The number of benzene rings is 2. The lowest BCUT2D eigenvalue weighted by Crippen LogP contribution is -2.30. The number of halogens is 2. The van der Waals surface area contributed by atoms with E-state index in [4.69, 9.17) is 17.3 Å². The van der Waals surface area contributed by atoms with Gasteiger partial charge in [-0.25, -0.2) is 4.39 Å². The molecule has 2 aromatic rings. The van der Waals surface area contributed by atoms with Crippen molar-refractivity contribution in [1.82, 2.24) is 4.90 Å². The molecule has 0 aromatic heterocycles. The Bertz CT molecular complexity index is 615. The van der Waals surface area contributed by atoms with E-state index in [2.05, 4.69) is 4.90 Å². The van der Waals surface area contributed by atoms with E-state index in [0.29, 0.717) is 12.1 Å². The second kappa shape index (κ2) is 7.03. The third kappa shape index (κ3) is 4.03. The third-order valence-electron chi connectivity index (χ3n) is 3.64. The maximum atomic E-state index is 13.4. The maximum Gasteiger partial charge on any atom is 0.126 e. The average molecular weight is 307 g/mol. The zero-order chi connectivity index (χ0) is 15.4. The molecule has 0 saturated carbocycles. The number of hydrogen-bond donors (Lipinski definition) is 1. The molecule has 4 heteroatoms. The van der Waals surface area contributed by atoms with Gasteiger partial charge in [-0.15, -0.1) is 0 Å². The maximum absolute atomic E-state index is 13.4. The van der Waals surface area contributed by atoms with E-state index in [0.717, 1.165) is 22.7 Å². The summed E-state index contributed by atoms with van der Waals surface area (Å²) in [5.41, 5.74) is 8.71. The highest BCUT2D eigenvalue weighted by atomic mass is 35.5. The van der Waals surface area contributed by atoms with Crippen LogP contribution >= 0.6 is 11.6 Å². The van der Waals surface area contributed by atoms with Gasteiger partial charge in [-0.3, -0.25) is 4.90 Å². The van der Waals surface area contributed by atoms with Crippen molar-refractivity contribution in [3.8, 4) is 0 Å². The van der Waals surface area contributed by atoms with Gasteiger partial charge >= 0.3 is 0 Å². The van der Waals surface area contributed by atoms with Crippen LogP contribution in [-0.2, 0) is 6.54 Å². The second-order valence-corrected chi connectivity index (χ2v) is 5.74. The van der Waals surface area contributed by atoms with Crippen LogP contribution < -0.4 is 5.73 Å². The van der Waals surface area contributed by atoms with Crippen LogP contribution in [0.1, 0.15) is 22.7 Å². The number of nitrogens with zero attached hydrogens (tertiary/aromatic N) is 1. The highest BCUT2D eigenvalue weighted by Crippen LogP contribution is 2.23. The van der Waals surface area contributed by atoms with Gasteiger partial charge in [0.15, 0.2) is 0 Å². The van der Waals surface area contributed by atoms with E-state index >= 15 is 0 Å². The monoisotopic (exact) mass is 306 g/mol. The molecule has 0 aliphatic carbocycles. The van der Waals surface area contributed by atoms with Crippen LogP contribution in [0.4, 0.5) is 4.39 Å². The molecule has 0 fully saturated rings. The van der Waals surface area contributed by atoms with Gasteiger partial charge in [0.05, 0.1) is 0 Å². The first-order chi connectivity index (χ1) is 10.0. The van der Waals surface area contributed by atoms with Crippen LogP contribution in [0.15, 0.2) is 42.5 Å². The lowest BCUT2D eigenvalue weighted by atomic mass is 10.0. The average Bonchev–Trinajstić information content (AvgIpc) is 2.43. The van der Waals surface area contributed by atoms with Crippen molar-refractivity contribution in [3.63, 3.8) is 0 Å². The minimum absolute atomic E-state index is 0.0447. The van der Waals surface area contributed by atoms with E-state index in [1.165, 1.54) is 6.07 Å². The van der Waals surface area contributed by atoms with Crippen molar-refractivity contribution in [1.29, 1.82) is 0 Å². The lowest BCUT2D eigenvalue weighted by molar-refractivity contribution is 0.241. The smallest absolute Gasteiger partial charge is 0.126 e. The molecule has 0 amide bonds. The molecule has 0 aliphatic heterocycles. The Balaban J connectivity index is 2.18. The lowest BCUT2D eigenvalue weighted by Gasteiger charge is -2.28. The molecule has 112 valence electrons. The fourth-order valence-corrected chi connectivity index (χ4v) is 2.69. The van der Waals surface area contributed by atoms with Crippen LogP contribution in [-0.4, -0.2) is 18.5 Å². The van der Waals surface area contributed by atoms with Crippen molar-refractivity contribution in [2.45, 2.75) is 19.5 Å². The molecule has 2 aromatic carbocycles. The van der Waals surface area contributed by atoms with Crippen LogP contribution in [0.3, 0.4) is 0 Å². The zero-order valence-electron chi connectivity index (χ0n) is 12.3. The molecule has 1 unspecified atom stereocenters. The molecular weight excluding hydrogens is 287 g/mol. The van der Waals surface area contributed by atoms with Crippen LogP contribution in [0.2, 0.25) is 5.02 Å². The van der Waals surface area contributed by atoms with E-state index in [9.17, 15) is 4.39 Å². The molecular formula is C17H20ClFN2. The molecule has 2 rings (SSSR count). The number of hydrogen-bond acceptors (Lipinski definition) is 2. The summed E-state index contributed by atoms with van der Waals surface area (Å²) in [6.07, 6.45) is 0. The summed E-state index contributed by atoms with van der Waals surface area (Å²) >= 11 is 6.01. The minimum atomic E-state index is -0.188. The fraction of sp³-hybridized carbons (Fsp3) is 0.294. The van der Waals surface area contributed by atoms with Gasteiger partial charge < -0.3 is 5.73 Å². The predicted molar refractivity (Wildman–Crippen MR) is 85.9 cm³/mol. The molecule has 2 N–H and O–H groups in total. The van der Waals surface area contributed by atoms with Crippen molar-refractivity contribution in [3.05, 3.63) is 70.0 Å². The summed E-state index contributed by atoms with van der Waals surface area (Å²) in [5, 5.41) is 0.725. The van der Waals surface area contributed by atoms with Crippen molar-refractivity contribution >= 4 is 11.6 Å². The van der Waals surface area contributed by atoms with E-state index < -0.39 is 0 Å². The van der Waals surface area contributed by atoms with Gasteiger partial charge in [-0.1, -0.05) is 35.9 Å². The molecule has 2 nitrogen and oxygen atoms in total. The van der Waals surface area contributed by atoms with E-state index in [1.54, 1.807) is 13.0 Å². The topological polar surface area (TPSA) is 29.3 Å². The first-order valence-electron chi connectivity index (χ1n) is 6.92. The van der Waals surface area contributed by atoms with Gasteiger partial charge in [-0.2, -0.15) is 0 Å². The summed E-state index contributed by atoms with van der Waals surface area (Å²) in [4.78, 5) is 2.15. The molecule has 0 heterocycles. The number of nitrogens with two attached hydrogens (primary N) is 1. The summed E-state index contributed by atoms with van der Waals surface area (Å²) in [6.45, 7) is 2.98. The molecule has 1 atom stereocenters. The molecule has 0 radical (unpaired) electrons. The van der Waals surface area contributed by atoms with Crippen molar-refractivity contribution < 1.29 is 4.39 Å². The summed E-state index contributed by atoms with van der Waals surface area (Å²) in [7, 11) is 2.01. The summed E-state index contributed by atoms with van der Waals surface area (Å²) in [5.74, 6) is -0.188. The first kappa shape index (κ1) is 16.0. The Morgan fingerprint density at radius 1 is 1.24 bits per heavy atom. The zero-order valence-corrected chi connectivity index (χ0v) is 13.1. The van der Waals surface area contributed by atoms with Crippen LogP contribution in [0.5, 0.6) is 0 Å². The minimum Gasteiger partial charge on any atom is -0.329 e. The molecule has 0 aliphatic rings. The van der Waals surface area contributed by atoms with E-state index in [1.807, 2.05) is 37.4 Å². The Morgan fingerprint density at radius 2 is 2.00 bits per heavy atom. The largest absolute Gasteiger partial charge is 0.329 e. The second-order valence-electron chi connectivity index (χ2n) is 5.31. The molecule has 0 saturated heterocycles. The SMILES string of the molecule is Cc1cc(C(CN)N(C)Cc2cccc(Cl)c2)ccc1F. The van der Waals surface area contributed by atoms with Crippen LogP contribution in [0, 0.1) is 12.7 Å². The Kier molecular flexibility index (Phi) is 5.34. The van der Waals surface area contributed by atoms with Crippen LogP contribution in [0.25, 0.3) is 0 Å². The summed E-state index contributed by atoms with van der Waals surface area (Å²) < 4.78 is 13.4. The highest BCUT2D eigenvalue weighted by Gasteiger charge is 2.16. The third-order valence-corrected chi connectivity index (χ3v) is 3.88. The Hall–Kier alpha value is -1.42. The van der Waals surface area contributed by atoms with Crippen molar-refractivity contribution in [2.24, 2.45) is 5.73 Å². The van der Waals surface area contributed by atoms with E-state index in [-0.39, 0.29) is 11.9 Å². The number of aryl methyl sites for hydroxylation is 1. The van der Waals surface area contributed by atoms with Gasteiger partial charge in [0, 0.05) is 24.2 Å². The summed E-state index contributed by atoms with van der Waals surface area (Å²) in [6, 6.07) is 13.0.